The number of methoxy groups -OCH3 is 1. The summed E-state index contributed by atoms with van der Waals surface area (Å²) in [5.74, 6) is 0.645. The van der Waals surface area contributed by atoms with E-state index in [0.29, 0.717) is 22.4 Å². The topological polar surface area (TPSA) is 59.4 Å². The molecule has 0 heterocycles. The van der Waals surface area contributed by atoms with Crippen LogP contribution in [-0.4, -0.2) is 18.8 Å². The number of esters is 1. The number of benzene rings is 3. The molecule has 0 aliphatic heterocycles. The number of nitrogens with one attached hydrogen (secondary N) is 1. The van der Waals surface area contributed by atoms with Crippen molar-refractivity contribution in [2.45, 2.75) is 26.2 Å². The molecule has 1 N–H and O–H groups in total. The van der Waals surface area contributed by atoms with Gasteiger partial charge in [-0.05, 0) is 59.5 Å². The molecule has 148 valence electrons. The molecule has 0 aliphatic rings. The minimum absolute atomic E-state index is 0.100. The quantitative estimate of drug-likeness (QED) is 0.351. The molecule has 3 aromatic carbocycles. The molecule has 3 aromatic rings. The molecule has 0 aliphatic carbocycles. The number of ether oxygens (including phenoxy) is 2. The third-order valence-corrected chi connectivity index (χ3v) is 4.71. The van der Waals surface area contributed by atoms with E-state index in [0.717, 1.165) is 11.3 Å². The summed E-state index contributed by atoms with van der Waals surface area (Å²) < 4.78 is 10.9. The van der Waals surface area contributed by atoms with E-state index in [1.54, 1.807) is 37.4 Å². The molecule has 0 atom stereocenters. The van der Waals surface area contributed by atoms with E-state index in [2.05, 4.69) is 20.8 Å². The number of hydrogen-bond donors (Lipinski definition) is 1. The number of carbonyl (C=O) groups is 1. The Morgan fingerprint density at radius 1 is 0.862 bits per heavy atom. The van der Waals surface area contributed by atoms with Crippen molar-refractivity contribution in [3.63, 3.8) is 0 Å². The molecule has 0 amide bonds. The highest BCUT2D eigenvalue weighted by Gasteiger charge is 2.20. The zero-order valence-corrected chi connectivity index (χ0v) is 17.2. The van der Waals surface area contributed by atoms with Crippen LogP contribution in [-0.2, 0) is 5.41 Å². The predicted octanol–water partition coefficient (Wildman–Crippen LogP) is 5.63. The van der Waals surface area contributed by atoms with Gasteiger partial charge >= 0.3 is 5.97 Å². The fourth-order valence-electron chi connectivity index (χ4n) is 2.93. The zero-order valence-electron chi connectivity index (χ0n) is 17.2. The van der Waals surface area contributed by atoms with Crippen molar-refractivity contribution < 1.29 is 14.3 Å². The van der Waals surface area contributed by atoms with Crippen LogP contribution >= 0.6 is 0 Å². The maximum absolute atomic E-state index is 12.6. The fourth-order valence-corrected chi connectivity index (χ4v) is 2.93. The van der Waals surface area contributed by atoms with Crippen LogP contribution in [0, 0.1) is 5.41 Å². The van der Waals surface area contributed by atoms with Gasteiger partial charge in [-0.15, -0.1) is 0 Å². The molecule has 0 fully saturated rings. The maximum atomic E-state index is 12.6. The average molecular weight is 387 g/mol. The Balaban J connectivity index is 2.01. The van der Waals surface area contributed by atoms with Crippen molar-refractivity contribution >= 4 is 11.7 Å². The molecule has 4 nitrogen and oxygen atoms in total. The van der Waals surface area contributed by atoms with Gasteiger partial charge in [-0.2, -0.15) is 0 Å². The summed E-state index contributed by atoms with van der Waals surface area (Å²) in [5, 5.41) is 8.76. The van der Waals surface area contributed by atoms with Crippen LogP contribution in [0.25, 0.3) is 0 Å². The Morgan fingerprint density at radius 3 is 2.10 bits per heavy atom. The van der Waals surface area contributed by atoms with Gasteiger partial charge in [0.2, 0.25) is 0 Å². The van der Waals surface area contributed by atoms with E-state index in [1.165, 1.54) is 0 Å². The number of rotatable bonds is 5. The number of carbonyl (C=O) groups excluding carboxylic acids is 1. The lowest BCUT2D eigenvalue weighted by Gasteiger charge is -2.21. The van der Waals surface area contributed by atoms with Gasteiger partial charge in [0.1, 0.15) is 11.5 Å². The van der Waals surface area contributed by atoms with Gasteiger partial charge in [-0.25, -0.2) is 4.79 Å². The Kier molecular flexibility index (Phi) is 5.83. The van der Waals surface area contributed by atoms with E-state index >= 15 is 0 Å². The molecule has 3 rings (SSSR count). The molecule has 0 unspecified atom stereocenters. The standard InChI is InChI=1S/C25H25NO3/c1-25(2,3)19-12-15-22(29-24(27)18-8-6-5-7-9-18)21(16-19)23(26)17-10-13-20(28-4)14-11-17/h5-16,26H,1-4H3. The third-order valence-electron chi connectivity index (χ3n) is 4.71. The van der Waals surface area contributed by atoms with Gasteiger partial charge < -0.3 is 9.47 Å². The first-order chi connectivity index (χ1) is 13.8. The fraction of sp³-hybridized carbons (Fsp3) is 0.200. The van der Waals surface area contributed by atoms with Crippen LogP contribution < -0.4 is 9.47 Å². The Bertz CT molecular complexity index is 1020. The minimum atomic E-state index is -0.446. The summed E-state index contributed by atoms with van der Waals surface area (Å²) in [6, 6.07) is 21.8. The summed E-state index contributed by atoms with van der Waals surface area (Å²) in [7, 11) is 1.61. The highest BCUT2D eigenvalue weighted by atomic mass is 16.5. The number of hydrogen-bond acceptors (Lipinski definition) is 4. The maximum Gasteiger partial charge on any atom is 0.343 e. The normalized spacial score (nSPS) is 11.0. The Labute approximate surface area is 171 Å². The van der Waals surface area contributed by atoms with Gasteiger partial charge in [0, 0.05) is 11.1 Å². The summed E-state index contributed by atoms with van der Waals surface area (Å²) >= 11 is 0. The van der Waals surface area contributed by atoms with Crippen molar-refractivity contribution in [2.24, 2.45) is 0 Å². The van der Waals surface area contributed by atoms with Gasteiger partial charge in [0.25, 0.3) is 0 Å². The minimum Gasteiger partial charge on any atom is -0.497 e. The van der Waals surface area contributed by atoms with E-state index in [1.807, 2.05) is 42.5 Å². The van der Waals surface area contributed by atoms with E-state index in [4.69, 9.17) is 14.9 Å². The van der Waals surface area contributed by atoms with E-state index in [9.17, 15) is 4.79 Å². The second kappa shape index (κ2) is 8.31. The molecule has 0 aromatic heterocycles. The second-order valence-corrected chi connectivity index (χ2v) is 7.82. The average Bonchev–Trinajstić information content (AvgIpc) is 2.73. The first-order valence-corrected chi connectivity index (χ1v) is 9.44. The van der Waals surface area contributed by atoms with Crippen LogP contribution in [0.5, 0.6) is 11.5 Å². The van der Waals surface area contributed by atoms with Crippen LogP contribution in [0.4, 0.5) is 0 Å². The molecular formula is C25H25NO3. The highest BCUT2D eigenvalue weighted by Crippen LogP contribution is 2.30. The zero-order chi connectivity index (χ0) is 21.0. The Hall–Kier alpha value is -3.40. The lowest BCUT2D eigenvalue weighted by Crippen LogP contribution is -2.16. The smallest absolute Gasteiger partial charge is 0.343 e. The lowest BCUT2D eigenvalue weighted by atomic mass is 9.85. The molecule has 4 heteroatoms. The largest absolute Gasteiger partial charge is 0.497 e. The van der Waals surface area contributed by atoms with Gasteiger partial charge in [-0.3, -0.25) is 5.41 Å². The van der Waals surface area contributed by atoms with Crippen molar-refractivity contribution in [2.75, 3.05) is 7.11 Å². The van der Waals surface area contributed by atoms with Crippen LogP contribution in [0.1, 0.15) is 47.8 Å². The third kappa shape index (κ3) is 4.72. The molecule has 0 saturated heterocycles. The molecule has 0 bridgehead atoms. The van der Waals surface area contributed by atoms with Crippen LogP contribution in [0.2, 0.25) is 0 Å². The monoisotopic (exact) mass is 387 g/mol. The Morgan fingerprint density at radius 2 is 1.52 bits per heavy atom. The van der Waals surface area contributed by atoms with Crippen LogP contribution in [0.15, 0.2) is 72.8 Å². The van der Waals surface area contributed by atoms with Crippen molar-refractivity contribution in [3.05, 3.63) is 95.1 Å². The van der Waals surface area contributed by atoms with Crippen LogP contribution in [0.3, 0.4) is 0 Å². The van der Waals surface area contributed by atoms with E-state index in [-0.39, 0.29) is 11.1 Å². The first-order valence-electron chi connectivity index (χ1n) is 9.44. The summed E-state index contributed by atoms with van der Waals surface area (Å²) in [6.45, 7) is 6.33. The van der Waals surface area contributed by atoms with Gasteiger partial charge in [-0.1, -0.05) is 45.0 Å². The summed E-state index contributed by atoms with van der Waals surface area (Å²) in [5.41, 5.74) is 3.01. The van der Waals surface area contributed by atoms with Gasteiger partial charge in [0.05, 0.1) is 18.4 Å². The van der Waals surface area contributed by atoms with Crippen molar-refractivity contribution in [1.29, 1.82) is 5.41 Å². The summed E-state index contributed by atoms with van der Waals surface area (Å²) in [4.78, 5) is 12.6. The molecule has 29 heavy (non-hydrogen) atoms. The first kappa shape index (κ1) is 20.3. The van der Waals surface area contributed by atoms with Crippen molar-refractivity contribution in [1.82, 2.24) is 0 Å². The van der Waals surface area contributed by atoms with Crippen molar-refractivity contribution in [3.8, 4) is 11.5 Å². The second-order valence-electron chi connectivity index (χ2n) is 7.82. The predicted molar refractivity (Wildman–Crippen MR) is 115 cm³/mol. The molecule has 0 radical (unpaired) electrons. The summed E-state index contributed by atoms with van der Waals surface area (Å²) in [6.07, 6.45) is 0. The SMILES string of the molecule is COc1ccc(C(=N)c2cc(C(C)(C)C)ccc2OC(=O)c2ccccc2)cc1. The molecular weight excluding hydrogens is 362 g/mol. The highest BCUT2D eigenvalue weighted by molar-refractivity contribution is 6.13. The molecule has 0 spiro atoms. The van der Waals surface area contributed by atoms with Gasteiger partial charge in [0.15, 0.2) is 0 Å². The lowest BCUT2D eigenvalue weighted by molar-refractivity contribution is 0.0734. The molecule has 0 saturated carbocycles. The van der Waals surface area contributed by atoms with E-state index < -0.39 is 5.97 Å².